The molecule has 0 radical (unpaired) electrons. The van der Waals surface area contributed by atoms with Gasteiger partial charge in [-0.15, -0.1) is 0 Å². The summed E-state index contributed by atoms with van der Waals surface area (Å²) in [4.78, 5) is 0. The third-order valence-corrected chi connectivity index (χ3v) is 3.09. The first-order valence-electron chi connectivity index (χ1n) is 5.73. The largest absolute Gasteiger partial charge is 0.0991 e. The van der Waals surface area contributed by atoms with Crippen molar-refractivity contribution in [3.63, 3.8) is 0 Å². The van der Waals surface area contributed by atoms with Gasteiger partial charge in [0.2, 0.25) is 0 Å². The molecule has 0 aromatic rings. The maximum Gasteiger partial charge on any atom is -0.0392 e. The highest BCUT2D eigenvalue weighted by atomic mass is 14.1. The molecule has 0 aliphatic carbocycles. The summed E-state index contributed by atoms with van der Waals surface area (Å²) in [5.41, 5.74) is 6.64. The predicted molar refractivity (Wildman–Crippen MR) is 75.5 cm³/mol. The van der Waals surface area contributed by atoms with E-state index in [1.54, 1.807) is 0 Å². The summed E-state index contributed by atoms with van der Waals surface area (Å²) in [6, 6.07) is 0. The molecule has 16 heavy (non-hydrogen) atoms. The van der Waals surface area contributed by atoms with Gasteiger partial charge in [-0.3, -0.25) is 0 Å². The maximum atomic E-state index is 3.73. The molecule has 0 heterocycles. The van der Waals surface area contributed by atoms with Crippen LogP contribution < -0.4 is 0 Å². The lowest BCUT2D eigenvalue weighted by Crippen LogP contribution is -1.91. The van der Waals surface area contributed by atoms with Gasteiger partial charge < -0.3 is 0 Å². The molecule has 88 valence electrons. The number of allylic oxidation sites excluding steroid dienone is 9. The zero-order valence-electron chi connectivity index (χ0n) is 11.5. The van der Waals surface area contributed by atoms with Crippen molar-refractivity contribution in [2.75, 3.05) is 0 Å². The van der Waals surface area contributed by atoms with Crippen molar-refractivity contribution < 1.29 is 0 Å². The molecule has 0 aliphatic heterocycles. The molecule has 0 nitrogen and oxygen atoms in total. The lowest BCUT2D eigenvalue weighted by Gasteiger charge is -2.11. The molecular weight excluding hydrogens is 192 g/mol. The van der Waals surface area contributed by atoms with Crippen LogP contribution in [-0.4, -0.2) is 0 Å². The number of hydrogen-bond donors (Lipinski definition) is 0. The van der Waals surface area contributed by atoms with E-state index in [1.807, 2.05) is 13.0 Å². The normalized spacial score (nSPS) is 16.0. The molecule has 0 saturated heterocycles. The number of hydrogen-bond acceptors (Lipinski definition) is 0. The quantitative estimate of drug-likeness (QED) is 0.554. The van der Waals surface area contributed by atoms with Gasteiger partial charge in [0, 0.05) is 0 Å². The van der Waals surface area contributed by atoms with E-state index in [9.17, 15) is 0 Å². The average Bonchev–Trinajstić information content (AvgIpc) is 2.26. The summed E-state index contributed by atoms with van der Waals surface area (Å²) < 4.78 is 0. The Hall–Kier alpha value is -1.30. The Bertz CT molecular complexity index is 371. The van der Waals surface area contributed by atoms with E-state index in [-0.39, 0.29) is 0 Å². The topological polar surface area (TPSA) is 0 Å². The molecule has 0 fully saturated rings. The van der Waals surface area contributed by atoms with Gasteiger partial charge in [-0.05, 0) is 69.4 Å². The molecule has 0 saturated carbocycles. The molecule has 0 bridgehead atoms. The first-order valence-corrected chi connectivity index (χ1v) is 5.73. The second-order valence-electron chi connectivity index (χ2n) is 4.14. The molecule has 0 aromatic heterocycles. The third-order valence-electron chi connectivity index (χ3n) is 3.09. The smallest absolute Gasteiger partial charge is 0.0392 e. The highest BCUT2D eigenvalue weighted by molar-refractivity contribution is 5.45. The molecule has 0 N–H and O–H groups in total. The van der Waals surface area contributed by atoms with Gasteiger partial charge in [0.1, 0.15) is 0 Å². The maximum absolute atomic E-state index is 3.73. The molecule has 0 aromatic carbocycles. The lowest BCUT2D eigenvalue weighted by molar-refractivity contribution is 1.19. The van der Waals surface area contributed by atoms with E-state index in [2.05, 4.69) is 59.4 Å². The van der Waals surface area contributed by atoms with Crippen LogP contribution in [-0.2, 0) is 0 Å². The van der Waals surface area contributed by atoms with E-state index >= 15 is 0 Å². The molecule has 0 spiro atoms. The molecular formula is C16H24. The highest BCUT2D eigenvalue weighted by Crippen LogP contribution is 2.22. The van der Waals surface area contributed by atoms with Crippen molar-refractivity contribution in [2.24, 2.45) is 0 Å². The van der Waals surface area contributed by atoms with Crippen molar-refractivity contribution in [3.05, 3.63) is 58.7 Å². The Labute approximate surface area is 101 Å². The summed E-state index contributed by atoms with van der Waals surface area (Å²) in [5.74, 6) is 0. The van der Waals surface area contributed by atoms with Gasteiger partial charge in [-0.2, -0.15) is 0 Å². The standard InChI is InChI=1S/C16H24/c1-8-10-12(3)14(5)16(7)15(6)13(4)11-9-2/h8-11H,1H2,2-7H3. The van der Waals surface area contributed by atoms with Crippen LogP contribution in [0.1, 0.15) is 41.5 Å². The highest BCUT2D eigenvalue weighted by Gasteiger charge is 2.02. The van der Waals surface area contributed by atoms with Crippen molar-refractivity contribution in [1.29, 1.82) is 0 Å². The van der Waals surface area contributed by atoms with E-state index < -0.39 is 0 Å². The fourth-order valence-corrected chi connectivity index (χ4v) is 1.55. The molecule has 0 heteroatoms. The Morgan fingerprint density at radius 2 is 1.44 bits per heavy atom. The predicted octanol–water partition coefficient (Wildman–Crippen LogP) is 5.37. The van der Waals surface area contributed by atoms with E-state index in [0.717, 1.165) is 0 Å². The van der Waals surface area contributed by atoms with Gasteiger partial charge in [0.15, 0.2) is 0 Å². The van der Waals surface area contributed by atoms with Gasteiger partial charge in [-0.1, -0.05) is 30.9 Å². The minimum atomic E-state index is 1.28. The third kappa shape index (κ3) is 4.06. The van der Waals surface area contributed by atoms with Crippen LogP contribution >= 0.6 is 0 Å². The summed E-state index contributed by atoms with van der Waals surface area (Å²) in [6.07, 6.45) is 8.12. The lowest BCUT2D eigenvalue weighted by atomic mass is 9.95. The Kier molecular flexibility index (Phi) is 6.48. The van der Waals surface area contributed by atoms with E-state index in [1.165, 1.54) is 27.9 Å². The number of rotatable bonds is 4. The second-order valence-corrected chi connectivity index (χ2v) is 4.14. The van der Waals surface area contributed by atoms with Crippen LogP contribution in [0.25, 0.3) is 0 Å². The fraction of sp³-hybridized carbons (Fsp3) is 0.375. The first-order chi connectivity index (χ1) is 7.45. The minimum absolute atomic E-state index is 1.28. The molecule has 0 atom stereocenters. The Morgan fingerprint density at radius 3 is 1.88 bits per heavy atom. The van der Waals surface area contributed by atoms with Crippen LogP contribution in [0.3, 0.4) is 0 Å². The van der Waals surface area contributed by atoms with Crippen molar-refractivity contribution in [1.82, 2.24) is 0 Å². The van der Waals surface area contributed by atoms with Crippen molar-refractivity contribution in [2.45, 2.75) is 41.5 Å². The summed E-state index contributed by atoms with van der Waals surface area (Å²) in [7, 11) is 0. The fourth-order valence-electron chi connectivity index (χ4n) is 1.55. The van der Waals surface area contributed by atoms with Gasteiger partial charge >= 0.3 is 0 Å². The summed E-state index contributed by atoms with van der Waals surface area (Å²) in [5, 5.41) is 0. The first kappa shape index (κ1) is 14.7. The second kappa shape index (κ2) is 7.05. The van der Waals surface area contributed by atoms with Crippen LogP contribution in [0.5, 0.6) is 0 Å². The SMILES string of the molecule is C=CC=C(C)C(C)=C(C)C(C)=C(C)C=CC. The van der Waals surface area contributed by atoms with Gasteiger partial charge in [-0.25, -0.2) is 0 Å². The van der Waals surface area contributed by atoms with E-state index in [0.29, 0.717) is 0 Å². The van der Waals surface area contributed by atoms with Crippen LogP contribution in [0.2, 0.25) is 0 Å². The zero-order valence-corrected chi connectivity index (χ0v) is 11.5. The Morgan fingerprint density at radius 1 is 0.875 bits per heavy atom. The molecule has 0 unspecified atom stereocenters. The monoisotopic (exact) mass is 216 g/mol. The Balaban J connectivity index is 5.40. The van der Waals surface area contributed by atoms with E-state index in [4.69, 9.17) is 0 Å². The molecule has 0 rings (SSSR count). The molecule has 0 amide bonds. The van der Waals surface area contributed by atoms with Crippen LogP contribution in [0.4, 0.5) is 0 Å². The van der Waals surface area contributed by atoms with Crippen LogP contribution in [0, 0.1) is 0 Å². The minimum Gasteiger partial charge on any atom is -0.0991 e. The zero-order chi connectivity index (χ0) is 12.7. The molecule has 0 aliphatic rings. The van der Waals surface area contributed by atoms with Crippen molar-refractivity contribution in [3.8, 4) is 0 Å². The van der Waals surface area contributed by atoms with Crippen molar-refractivity contribution >= 4 is 0 Å². The summed E-state index contributed by atoms with van der Waals surface area (Å²) >= 11 is 0. The average molecular weight is 216 g/mol. The van der Waals surface area contributed by atoms with Crippen LogP contribution in [0.15, 0.2) is 58.7 Å². The van der Waals surface area contributed by atoms with Gasteiger partial charge in [0.25, 0.3) is 0 Å². The van der Waals surface area contributed by atoms with Gasteiger partial charge in [0.05, 0.1) is 0 Å². The summed E-state index contributed by atoms with van der Waals surface area (Å²) in [6.45, 7) is 16.6.